The number of fused-ring (bicyclic) bond motifs is 1. The van der Waals surface area contributed by atoms with Gasteiger partial charge in [0.05, 0.1) is 14.2 Å². The van der Waals surface area contributed by atoms with E-state index in [1.54, 1.807) is 49.6 Å². The number of nitrogens with zero attached hydrogens (tertiary/aromatic N) is 2. The van der Waals surface area contributed by atoms with Gasteiger partial charge in [0.1, 0.15) is 17.6 Å². The van der Waals surface area contributed by atoms with Crippen LogP contribution in [0.15, 0.2) is 47.9 Å². The average molecular weight is 437 g/mol. The van der Waals surface area contributed by atoms with Crippen molar-refractivity contribution in [1.29, 1.82) is 0 Å². The van der Waals surface area contributed by atoms with E-state index in [1.165, 1.54) is 0 Å². The predicted molar refractivity (Wildman–Crippen MR) is 119 cm³/mol. The van der Waals surface area contributed by atoms with Crippen LogP contribution in [-0.4, -0.2) is 48.5 Å². The lowest BCUT2D eigenvalue weighted by Crippen LogP contribution is -2.46. The molecule has 2 amide bonds. The summed E-state index contributed by atoms with van der Waals surface area (Å²) in [5.41, 5.74) is 1.66. The normalized spacial score (nSPS) is 15.8. The van der Waals surface area contributed by atoms with Crippen molar-refractivity contribution in [2.75, 3.05) is 26.1 Å². The highest BCUT2D eigenvalue weighted by Crippen LogP contribution is 2.45. The standard InChI is InChI=1S/C24H27N3O5/c1-14(2)11-17(23(28)26-20-7-5-6-10-25-20)27-13-15-12-16-18(30-3)8-9-19(31-4)22(16)32-21(15)24(27)29/h5-10,14,17H,11-13H2,1-4H3,(H,25,26,28)/t17-/m0/s1. The molecule has 0 aliphatic carbocycles. The summed E-state index contributed by atoms with van der Waals surface area (Å²) in [6, 6.07) is 8.22. The molecule has 0 saturated carbocycles. The highest BCUT2D eigenvalue weighted by atomic mass is 16.5. The Morgan fingerprint density at radius 1 is 1.19 bits per heavy atom. The maximum atomic E-state index is 13.4. The molecule has 0 radical (unpaired) electrons. The Labute approximate surface area is 187 Å². The molecule has 0 fully saturated rings. The van der Waals surface area contributed by atoms with Crippen molar-refractivity contribution >= 4 is 17.6 Å². The molecule has 0 bridgehead atoms. The summed E-state index contributed by atoms with van der Waals surface area (Å²) in [6.07, 6.45) is 2.62. The Balaban J connectivity index is 1.60. The zero-order chi connectivity index (χ0) is 22.8. The van der Waals surface area contributed by atoms with Crippen LogP contribution in [0.3, 0.4) is 0 Å². The number of hydrogen-bond acceptors (Lipinski definition) is 6. The van der Waals surface area contributed by atoms with Crippen LogP contribution in [0.5, 0.6) is 17.2 Å². The second kappa shape index (κ2) is 8.90. The van der Waals surface area contributed by atoms with Gasteiger partial charge in [0, 0.05) is 30.3 Å². The van der Waals surface area contributed by atoms with E-state index >= 15 is 0 Å². The van der Waals surface area contributed by atoms with Crippen molar-refractivity contribution < 1.29 is 23.8 Å². The minimum Gasteiger partial charge on any atom is -0.496 e. The molecule has 1 aromatic carbocycles. The van der Waals surface area contributed by atoms with Gasteiger partial charge in [0.15, 0.2) is 17.3 Å². The molecule has 1 atom stereocenters. The van der Waals surface area contributed by atoms with Crippen LogP contribution in [0.1, 0.15) is 25.8 Å². The first-order chi connectivity index (χ1) is 15.4. The first-order valence-electron chi connectivity index (χ1n) is 10.6. The number of aromatic nitrogens is 1. The molecular weight excluding hydrogens is 410 g/mol. The van der Waals surface area contributed by atoms with Crippen LogP contribution in [0.2, 0.25) is 0 Å². The van der Waals surface area contributed by atoms with E-state index in [-0.39, 0.29) is 23.5 Å². The van der Waals surface area contributed by atoms with E-state index in [2.05, 4.69) is 10.3 Å². The summed E-state index contributed by atoms with van der Waals surface area (Å²) in [7, 11) is 3.15. The molecule has 4 rings (SSSR count). The van der Waals surface area contributed by atoms with Crippen molar-refractivity contribution in [2.24, 2.45) is 5.92 Å². The maximum absolute atomic E-state index is 13.4. The molecule has 8 nitrogen and oxygen atoms in total. The third-order valence-corrected chi connectivity index (χ3v) is 5.64. The summed E-state index contributed by atoms with van der Waals surface area (Å²) in [5.74, 6) is 2.06. The second-order valence-electron chi connectivity index (χ2n) is 8.27. The molecule has 1 aromatic heterocycles. The number of amides is 2. The largest absolute Gasteiger partial charge is 0.496 e. The molecule has 0 unspecified atom stereocenters. The van der Waals surface area contributed by atoms with E-state index in [9.17, 15) is 9.59 Å². The monoisotopic (exact) mass is 437 g/mol. The van der Waals surface area contributed by atoms with Gasteiger partial charge in [-0.15, -0.1) is 0 Å². The Morgan fingerprint density at radius 2 is 1.94 bits per heavy atom. The van der Waals surface area contributed by atoms with Gasteiger partial charge in [-0.1, -0.05) is 19.9 Å². The number of pyridine rings is 1. The molecule has 2 aliphatic rings. The van der Waals surface area contributed by atoms with Crippen LogP contribution < -0.4 is 19.5 Å². The van der Waals surface area contributed by atoms with E-state index in [1.807, 2.05) is 19.9 Å². The number of ether oxygens (including phenoxy) is 3. The van der Waals surface area contributed by atoms with Crippen LogP contribution in [0.25, 0.3) is 0 Å². The zero-order valence-corrected chi connectivity index (χ0v) is 18.7. The number of carbonyl (C=O) groups is 2. The number of anilines is 1. The van der Waals surface area contributed by atoms with Gasteiger partial charge < -0.3 is 24.4 Å². The second-order valence-corrected chi connectivity index (χ2v) is 8.27. The highest BCUT2D eigenvalue weighted by molar-refractivity contribution is 6.02. The highest BCUT2D eigenvalue weighted by Gasteiger charge is 2.42. The lowest BCUT2D eigenvalue weighted by Gasteiger charge is -2.28. The van der Waals surface area contributed by atoms with Gasteiger partial charge in [0.2, 0.25) is 5.91 Å². The lowest BCUT2D eigenvalue weighted by molar-refractivity contribution is -0.135. The quantitative estimate of drug-likeness (QED) is 0.716. The lowest BCUT2D eigenvalue weighted by atomic mass is 9.99. The number of nitrogens with one attached hydrogen (secondary N) is 1. The summed E-state index contributed by atoms with van der Waals surface area (Å²) < 4.78 is 17.0. The van der Waals surface area contributed by atoms with Gasteiger partial charge in [0.25, 0.3) is 5.91 Å². The molecule has 168 valence electrons. The third-order valence-electron chi connectivity index (χ3n) is 5.64. The molecule has 2 aliphatic heterocycles. The fraction of sp³-hybridized carbons (Fsp3) is 0.375. The number of hydrogen-bond donors (Lipinski definition) is 1. The fourth-order valence-corrected chi connectivity index (χ4v) is 4.14. The SMILES string of the molecule is COc1ccc(OC)c2c1CC1=C(O2)C(=O)N([C@@H](CC(C)C)C(=O)Nc2ccccn2)C1. The van der Waals surface area contributed by atoms with Crippen molar-refractivity contribution in [2.45, 2.75) is 32.7 Å². The van der Waals surface area contributed by atoms with Crippen LogP contribution >= 0.6 is 0 Å². The van der Waals surface area contributed by atoms with Gasteiger partial charge >= 0.3 is 0 Å². The fourth-order valence-electron chi connectivity index (χ4n) is 4.14. The van der Waals surface area contributed by atoms with Gasteiger partial charge in [-0.2, -0.15) is 0 Å². The number of benzene rings is 1. The molecule has 32 heavy (non-hydrogen) atoms. The molecule has 8 heteroatoms. The van der Waals surface area contributed by atoms with E-state index in [0.717, 1.165) is 11.1 Å². The summed E-state index contributed by atoms with van der Waals surface area (Å²) in [6.45, 7) is 4.37. The maximum Gasteiger partial charge on any atom is 0.290 e. The molecule has 1 N–H and O–H groups in total. The van der Waals surface area contributed by atoms with Crippen LogP contribution in [0.4, 0.5) is 5.82 Å². The Bertz CT molecular complexity index is 1060. The predicted octanol–water partition coefficient (Wildman–Crippen LogP) is 3.18. The zero-order valence-electron chi connectivity index (χ0n) is 18.7. The topological polar surface area (TPSA) is 90.0 Å². The summed E-state index contributed by atoms with van der Waals surface area (Å²) >= 11 is 0. The number of carbonyl (C=O) groups excluding carboxylic acids is 2. The number of methoxy groups -OCH3 is 2. The van der Waals surface area contributed by atoms with Crippen LogP contribution in [-0.2, 0) is 16.0 Å². The minimum absolute atomic E-state index is 0.207. The van der Waals surface area contributed by atoms with Gasteiger partial charge in [-0.25, -0.2) is 4.98 Å². The molecule has 0 spiro atoms. The molecule has 2 aromatic rings. The number of rotatable bonds is 7. The molecule has 3 heterocycles. The van der Waals surface area contributed by atoms with E-state index in [4.69, 9.17) is 14.2 Å². The smallest absolute Gasteiger partial charge is 0.290 e. The third kappa shape index (κ3) is 4.00. The average Bonchev–Trinajstić information content (AvgIpc) is 3.11. The van der Waals surface area contributed by atoms with Crippen LogP contribution in [0, 0.1) is 5.92 Å². The molecular formula is C24H27N3O5. The molecule has 0 saturated heterocycles. The van der Waals surface area contributed by atoms with Gasteiger partial charge in [-0.3, -0.25) is 9.59 Å². The minimum atomic E-state index is -0.648. The summed E-state index contributed by atoms with van der Waals surface area (Å²) in [4.78, 5) is 32.3. The Kier molecular flexibility index (Phi) is 6.03. The first-order valence-corrected chi connectivity index (χ1v) is 10.6. The van der Waals surface area contributed by atoms with E-state index in [0.29, 0.717) is 42.5 Å². The van der Waals surface area contributed by atoms with Crippen molar-refractivity contribution in [3.8, 4) is 17.2 Å². The Hall–Kier alpha value is -3.55. The van der Waals surface area contributed by atoms with Gasteiger partial charge in [-0.05, 0) is 36.6 Å². The Morgan fingerprint density at radius 3 is 2.59 bits per heavy atom. The van der Waals surface area contributed by atoms with E-state index < -0.39 is 6.04 Å². The summed E-state index contributed by atoms with van der Waals surface area (Å²) in [5, 5.41) is 2.84. The van der Waals surface area contributed by atoms with Crippen molar-refractivity contribution in [3.05, 3.63) is 53.4 Å². The van der Waals surface area contributed by atoms with Crippen molar-refractivity contribution in [1.82, 2.24) is 9.88 Å². The van der Waals surface area contributed by atoms with Crippen molar-refractivity contribution in [3.63, 3.8) is 0 Å². The first kappa shape index (κ1) is 21.7.